The first-order valence-electron chi connectivity index (χ1n) is 12.3. The zero-order valence-corrected chi connectivity index (χ0v) is 20.6. The summed E-state index contributed by atoms with van der Waals surface area (Å²) in [6, 6.07) is 16.5. The Balaban J connectivity index is 1.15. The molecule has 0 radical (unpaired) electrons. The van der Waals surface area contributed by atoms with Crippen molar-refractivity contribution in [3.63, 3.8) is 0 Å². The third-order valence-corrected chi connectivity index (χ3v) is 5.73. The van der Waals surface area contributed by atoms with E-state index in [1.54, 1.807) is 0 Å². The number of alkyl carbamates (subject to hydrolysis) is 1. The molecule has 0 saturated carbocycles. The third-order valence-electron chi connectivity index (χ3n) is 5.73. The summed E-state index contributed by atoms with van der Waals surface area (Å²) in [5.74, 6) is 0.0274. The van der Waals surface area contributed by atoms with E-state index in [-0.39, 0.29) is 24.9 Å². The van der Waals surface area contributed by atoms with Crippen LogP contribution >= 0.6 is 0 Å². The lowest BCUT2D eigenvalue weighted by Crippen LogP contribution is -2.29. The molecular weight excluding hydrogens is 464 g/mol. The van der Waals surface area contributed by atoms with E-state index < -0.39 is 6.09 Å². The lowest BCUT2D eigenvalue weighted by Gasteiger charge is -2.14. The van der Waals surface area contributed by atoms with Gasteiger partial charge in [0.15, 0.2) is 0 Å². The van der Waals surface area contributed by atoms with E-state index in [0.29, 0.717) is 65.8 Å². The van der Waals surface area contributed by atoms with Gasteiger partial charge in [-0.25, -0.2) is 4.79 Å². The molecule has 0 bridgehead atoms. The number of carbonyl (C=O) groups excluding carboxylic acids is 2. The van der Waals surface area contributed by atoms with Gasteiger partial charge in [0.25, 0.3) is 0 Å². The fraction of sp³-hybridized carbons (Fsp3) is 0.481. The number of hydrogen-bond acceptors (Lipinski definition) is 8. The highest BCUT2D eigenvalue weighted by molar-refractivity contribution is 5.80. The number of hydrogen-bond donors (Lipinski definition) is 2. The van der Waals surface area contributed by atoms with Crippen molar-refractivity contribution in [2.75, 3.05) is 72.6 Å². The lowest BCUT2D eigenvalue weighted by molar-refractivity contribution is -0.118. The minimum Gasteiger partial charge on any atom is -0.449 e. The molecule has 0 fully saturated rings. The number of fused-ring (bicyclic) bond motifs is 3. The summed E-state index contributed by atoms with van der Waals surface area (Å²) in [4.78, 5) is 23.1. The van der Waals surface area contributed by atoms with Crippen LogP contribution in [0.1, 0.15) is 23.5 Å². The van der Waals surface area contributed by atoms with Crippen molar-refractivity contribution in [1.82, 2.24) is 5.32 Å². The number of benzene rings is 2. The number of amides is 1. The van der Waals surface area contributed by atoms with Crippen LogP contribution in [0.5, 0.6) is 0 Å². The first-order valence-corrected chi connectivity index (χ1v) is 12.3. The van der Waals surface area contributed by atoms with Crippen LogP contribution in [0.3, 0.4) is 0 Å². The van der Waals surface area contributed by atoms with E-state index in [9.17, 15) is 9.59 Å². The van der Waals surface area contributed by atoms with Crippen molar-refractivity contribution in [3.05, 3.63) is 59.7 Å². The van der Waals surface area contributed by atoms with Crippen LogP contribution in [0.15, 0.2) is 48.5 Å². The van der Waals surface area contributed by atoms with Gasteiger partial charge in [0, 0.05) is 18.9 Å². The highest BCUT2D eigenvalue weighted by Crippen LogP contribution is 2.44. The van der Waals surface area contributed by atoms with Crippen molar-refractivity contribution in [2.45, 2.75) is 12.3 Å². The van der Waals surface area contributed by atoms with Crippen LogP contribution in [-0.4, -0.2) is 84.4 Å². The first kappa shape index (κ1) is 27.8. The van der Waals surface area contributed by atoms with E-state index in [1.165, 1.54) is 22.3 Å². The Morgan fingerprint density at radius 2 is 1.22 bits per heavy atom. The normalized spacial score (nSPS) is 12.2. The van der Waals surface area contributed by atoms with Gasteiger partial charge in [0.1, 0.15) is 12.4 Å². The van der Waals surface area contributed by atoms with E-state index in [2.05, 4.69) is 29.6 Å². The van der Waals surface area contributed by atoms with E-state index in [0.717, 1.165) is 0 Å². The number of nitrogens with two attached hydrogens (primary N) is 1. The highest BCUT2D eigenvalue weighted by Gasteiger charge is 2.28. The van der Waals surface area contributed by atoms with Gasteiger partial charge in [-0.2, -0.15) is 0 Å². The molecule has 9 nitrogen and oxygen atoms in total. The Bertz CT molecular complexity index is 908. The number of ketones is 1. The second kappa shape index (κ2) is 16.0. The SMILES string of the molecule is NCC(=O)CCOCCOCCOCCOCCNC(=O)OCC1c2ccccc2-c2ccccc21. The van der Waals surface area contributed by atoms with Gasteiger partial charge < -0.3 is 34.7 Å². The summed E-state index contributed by atoms with van der Waals surface area (Å²) < 4.78 is 27.0. The average molecular weight is 501 g/mol. The molecule has 2 aromatic rings. The molecule has 36 heavy (non-hydrogen) atoms. The molecule has 1 aliphatic carbocycles. The molecule has 0 aromatic heterocycles. The number of nitrogens with one attached hydrogen (secondary N) is 1. The Hall–Kier alpha value is -2.82. The molecular formula is C27H36N2O7. The summed E-state index contributed by atoms with van der Waals surface area (Å²) >= 11 is 0. The molecule has 2 aromatic carbocycles. The Kier molecular flexibility index (Phi) is 12.4. The average Bonchev–Trinajstić information content (AvgIpc) is 3.23. The topological polar surface area (TPSA) is 118 Å². The molecule has 0 aliphatic heterocycles. The number of rotatable bonds is 18. The third kappa shape index (κ3) is 9.00. The molecule has 1 aliphatic rings. The molecule has 0 heterocycles. The lowest BCUT2D eigenvalue weighted by atomic mass is 9.98. The van der Waals surface area contributed by atoms with E-state index in [1.807, 2.05) is 24.3 Å². The van der Waals surface area contributed by atoms with Crippen LogP contribution in [0.4, 0.5) is 4.79 Å². The molecule has 3 N–H and O–H groups in total. The van der Waals surface area contributed by atoms with Crippen LogP contribution in [0.2, 0.25) is 0 Å². The summed E-state index contributed by atoms with van der Waals surface area (Å²) in [6.45, 7) is 4.06. The molecule has 0 atom stereocenters. The van der Waals surface area contributed by atoms with Crippen LogP contribution in [-0.2, 0) is 28.5 Å². The number of ether oxygens (including phenoxy) is 5. The predicted molar refractivity (Wildman–Crippen MR) is 135 cm³/mol. The van der Waals surface area contributed by atoms with Crippen molar-refractivity contribution in [2.24, 2.45) is 5.73 Å². The predicted octanol–water partition coefficient (Wildman–Crippen LogP) is 2.51. The van der Waals surface area contributed by atoms with Gasteiger partial charge in [-0.3, -0.25) is 4.79 Å². The van der Waals surface area contributed by atoms with Gasteiger partial charge in [-0.05, 0) is 22.3 Å². The first-order chi connectivity index (χ1) is 17.7. The van der Waals surface area contributed by atoms with E-state index >= 15 is 0 Å². The molecule has 0 saturated heterocycles. The highest BCUT2D eigenvalue weighted by atomic mass is 16.6. The van der Waals surface area contributed by atoms with Crippen molar-refractivity contribution < 1.29 is 33.3 Å². The van der Waals surface area contributed by atoms with Gasteiger partial charge in [0.05, 0.1) is 59.4 Å². The maximum absolute atomic E-state index is 12.1. The standard InChI is InChI=1S/C27H36N2O7/c28-19-21(30)9-11-32-13-15-34-17-18-35-16-14-33-12-10-29-27(31)36-20-26-24-7-3-1-5-22(24)23-6-2-4-8-25(23)26/h1-8,26H,9-20,28H2,(H,29,31). The summed E-state index contributed by atoms with van der Waals surface area (Å²) in [7, 11) is 0. The van der Waals surface area contributed by atoms with Gasteiger partial charge in [-0.15, -0.1) is 0 Å². The Morgan fingerprint density at radius 1 is 0.722 bits per heavy atom. The minimum absolute atomic E-state index is 0.0143. The molecule has 196 valence electrons. The largest absolute Gasteiger partial charge is 0.449 e. The van der Waals surface area contributed by atoms with E-state index in [4.69, 9.17) is 29.4 Å². The quantitative estimate of drug-likeness (QED) is 0.300. The zero-order valence-electron chi connectivity index (χ0n) is 20.6. The van der Waals surface area contributed by atoms with Crippen LogP contribution in [0.25, 0.3) is 11.1 Å². The summed E-state index contributed by atoms with van der Waals surface area (Å²) in [6.07, 6.45) is -0.121. The van der Waals surface area contributed by atoms with Crippen molar-refractivity contribution in [3.8, 4) is 11.1 Å². The number of Topliss-reactive ketones (excluding diaryl/α,β-unsaturated/α-hetero) is 1. The van der Waals surface area contributed by atoms with Crippen LogP contribution in [0, 0.1) is 0 Å². The minimum atomic E-state index is -0.455. The second-order valence-electron chi connectivity index (χ2n) is 8.19. The Morgan fingerprint density at radius 3 is 1.78 bits per heavy atom. The monoisotopic (exact) mass is 500 g/mol. The zero-order chi connectivity index (χ0) is 25.4. The molecule has 3 rings (SSSR count). The van der Waals surface area contributed by atoms with Gasteiger partial charge >= 0.3 is 6.09 Å². The molecule has 0 spiro atoms. The molecule has 1 amide bonds. The van der Waals surface area contributed by atoms with Crippen molar-refractivity contribution >= 4 is 11.9 Å². The molecule has 0 unspecified atom stereocenters. The van der Waals surface area contributed by atoms with Crippen LogP contribution < -0.4 is 11.1 Å². The molecule has 9 heteroatoms. The second-order valence-corrected chi connectivity index (χ2v) is 8.19. The summed E-state index contributed by atoms with van der Waals surface area (Å²) in [5.41, 5.74) is 9.99. The number of carbonyl (C=O) groups is 2. The maximum Gasteiger partial charge on any atom is 0.407 e. The fourth-order valence-electron chi connectivity index (χ4n) is 3.92. The Labute approximate surface area is 212 Å². The van der Waals surface area contributed by atoms with Gasteiger partial charge in [0.2, 0.25) is 0 Å². The maximum atomic E-state index is 12.1. The van der Waals surface area contributed by atoms with Gasteiger partial charge in [-0.1, -0.05) is 48.5 Å². The summed E-state index contributed by atoms with van der Waals surface area (Å²) in [5, 5.41) is 2.72. The smallest absolute Gasteiger partial charge is 0.407 e. The van der Waals surface area contributed by atoms with Crippen molar-refractivity contribution in [1.29, 1.82) is 0 Å². The fourth-order valence-corrected chi connectivity index (χ4v) is 3.92.